The molecule has 5 nitrogen and oxygen atoms in total. The first-order valence-corrected chi connectivity index (χ1v) is 8.99. The van der Waals surface area contributed by atoms with Crippen LogP contribution in [0.1, 0.15) is 39.5 Å². The maximum atomic E-state index is 12.6. The van der Waals surface area contributed by atoms with Gasteiger partial charge in [0.05, 0.1) is 11.2 Å². The predicted octanol–water partition coefficient (Wildman–Crippen LogP) is 1.25. The van der Waals surface area contributed by atoms with Gasteiger partial charge in [-0.25, -0.2) is 0 Å². The van der Waals surface area contributed by atoms with Crippen LogP contribution in [-0.2, 0) is 14.9 Å². The third-order valence-corrected chi connectivity index (χ3v) is 7.09. The summed E-state index contributed by atoms with van der Waals surface area (Å²) in [6.45, 7) is 5.01. The van der Waals surface area contributed by atoms with E-state index in [-0.39, 0.29) is 23.0 Å². The summed E-state index contributed by atoms with van der Waals surface area (Å²) in [7, 11) is -4.15. The van der Waals surface area contributed by atoms with Crippen molar-refractivity contribution in [1.82, 2.24) is 5.32 Å². The Morgan fingerprint density at radius 3 is 2.50 bits per heavy atom. The number of rotatable bonds is 4. The number of hydrogen-bond acceptors (Lipinski definition) is 4. The molecule has 6 heteroatoms. The van der Waals surface area contributed by atoms with Crippen LogP contribution in [0.3, 0.4) is 0 Å². The normalized spacial score (nSPS) is 42.8. The maximum Gasteiger partial charge on any atom is 0.265 e. The molecule has 0 amide bonds. The Bertz CT molecular complexity index is 537. The van der Waals surface area contributed by atoms with Crippen LogP contribution in [0.25, 0.3) is 0 Å². The van der Waals surface area contributed by atoms with E-state index >= 15 is 0 Å². The lowest BCUT2D eigenvalue weighted by molar-refractivity contribution is -0.131. The van der Waals surface area contributed by atoms with Crippen molar-refractivity contribution in [3.8, 4) is 0 Å². The molecule has 0 aromatic heterocycles. The van der Waals surface area contributed by atoms with Gasteiger partial charge in [-0.15, -0.1) is 0 Å². The highest BCUT2D eigenvalue weighted by Crippen LogP contribution is 2.67. The van der Waals surface area contributed by atoms with Gasteiger partial charge in [0, 0.05) is 12.5 Å². The van der Waals surface area contributed by atoms with Gasteiger partial charge >= 0.3 is 0 Å². The monoisotopic (exact) mass is 301 g/mol. The molecule has 2 aliphatic carbocycles. The molecule has 0 spiro atoms. The van der Waals surface area contributed by atoms with E-state index in [4.69, 9.17) is 0 Å². The second-order valence-electron chi connectivity index (χ2n) is 7.35. The van der Waals surface area contributed by atoms with Gasteiger partial charge in [0.15, 0.2) is 0 Å². The van der Waals surface area contributed by atoms with Crippen LogP contribution in [-0.4, -0.2) is 37.1 Å². The molecule has 0 aromatic carbocycles. The SMILES string of the molecule is CC1(C)C2CC(=O)C1(CS(=O)(=O)O)C(C[C@H]1CCN1)C2. The molecule has 1 aliphatic heterocycles. The lowest BCUT2D eigenvalue weighted by atomic mass is 9.64. The highest BCUT2D eigenvalue weighted by molar-refractivity contribution is 7.85. The second-order valence-corrected chi connectivity index (χ2v) is 8.80. The van der Waals surface area contributed by atoms with Gasteiger partial charge in [-0.1, -0.05) is 13.8 Å². The Morgan fingerprint density at radius 1 is 1.40 bits per heavy atom. The van der Waals surface area contributed by atoms with Crippen molar-refractivity contribution in [3.05, 3.63) is 0 Å². The van der Waals surface area contributed by atoms with Crippen LogP contribution in [0, 0.1) is 22.7 Å². The van der Waals surface area contributed by atoms with Crippen molar-refractivity contribution in [2.24, 2.45) is 22.7 Å². The third-order valence-electron chi connectivity index (χ3n) is 6.27. The van der Waals surface area contributed by atoms with Gasteiger partial charge in [-0.05, 0) is 43.1 Å². The Morgan fingerprint density at radius 2 is 2.05 bits per heavy atom. The number of hydrogen-bond donors (Lipinski definition) is 2. The number of carbonyl (C=O) groups is 1. The van der Waals surface area contributed by atoms with Gasteiger partial charge in [-0.3, -0.25) is 9.35 Å². The summed E-state index contributed by atoms with van der Waals surface area (Å²) in [6, 6.07) is 0.404. The Labute approximate surface area is 120 Å². The minimum atomic E-state index is -4.15. The number of fused-ring (bicyclic) bond motifs is 2. The van der Waals surface area contributed by atoms with Crippen molar-refractivity contribution in [1.29, 1.82) is 0 Å². The Kier molecular flexibility index (Phi) is 3.09. The van der Waals surface area contributed by atoms with Crippen LogP contribution >= 0.6 is 0 Å². The first-order valence-electron chi connectivity index (χ1n) is 7.38. The molecule has 3 aliphatic rings. The summed E-state index contributed by atoms with van der Waals surface area (Å²) in [5.41, 5.74) is -1.23. The lowest BCUT2D eigenvalue weighted by Gasteiger charge is -2.42. The molecule has 2 N–H and O–H groups in total. The summed E-state index contributed by atoms with van der Waals surface area (Å²) in [5.74, 6) is -0.0364. The molecule has 20 heavy (non-hydrogen) atoms. The van der Waals surface area contributed by atoms with E-state index in [9.17, 15) is 17.8 Å². The molecule has 2 saturated carbocycles. The quantitative estimate of drug-likeness (QED) is 0.764. The molecule has 114 valence electrons. The molecule has 0 radical (unpaired) electrons. The lowest BCUT2D eigenvalue weighted by Crippen LogP contribution is -2.51. The zero-order valence-electron chi connectivity index (χ0n) is 12.1. The molecule has 3 rings (SSSR count). The fourth-order valence-electron chi connectivity index (χ4n) is 4.92. The minimum absolute atomic E-state index is 0.0423. The number of ketones is 1. The van der Waals surface area contributed by atoms with Crippen LogP contribution in [0.5, 0.6) is 0 Å². The highest BCUT2D eigenvalue weighted by atomic mass is 32.2. The smallest absolute Gasteiger partial charge is 0.265 e. The fourth-order valence-corrected chi connectivity index (χ4v) is 6.27. The second kappa shape index (κ2) is 4.27. The van der Waals surface area contributed by atoms with Crippen LogP contribution < -0.4 is 5.32 Å². The summed E-state index contributed by atoms with van der Waals surface area (Å²) in [4.78, 5) is 12.6. The molecule has 2 bridgehead atoms. The molecule has 1 heterocycles. The average molecular weight is 301 g/mol. The first kappa shape index (κ1) is 14.5. The van der Waals surface area contributed by atoms with Crippen molar-refractivity contribution in [3.63, 3.8) is 0 Å². The van der Waals surface area contributed by atoms with Gasteiger partial charge in [0.2, 0.25) is 0 Å². The van der Waals surface area contributed by atoms with Gasteiger partial charge in [0.25, 0.3) is 10.1 Å². The summed E-state index contributed by atoms with van der Waals surface area (Å²) in [5, 5.41) is 3.33. The molecule has 3 unspecified atom stereocenters. The highest BCUT2D eigenvalue weighted by Gasteiger charge is 2.69. The molecule has 4 atom stereocenters. The Hall–Kier alpha value is -0.460. The largest absolute Gasteiger partial charge is 0.314 e. The van der Waals surface area contributed by atoms with E-state index in [0.717, 1.165) is 25.8 Å². The third kappa shape index (κ3) is 1.88. The van der Waals surface area contributed by atoms with Gasteiger partial charge in [0.1, 0.15) is 5.78 Å². The van der Waals surface area contributed by atoms with E-state index in [2.05, 4.69) is 5.32 Å². The fraction of sp³-hybridized carbons (Fsp3) is 0.929. The molecule has 3 fully saturated rings. The predicted molar refractivity (Wildman–Crippen MR) is 74.9 cm³/mol. The van der Waals surface area contributed by atoms with Crippen LogP contribution in [0.2, 0.25) is 0 Å². The van der Waals surface area contributed by atoms with E-state index in [1.807, 2.05) is 13.8 Å². The van der Waals surface area contributed by atoms with Gasteiger partial charge in [-0.2, -0.15) is 8.42 Å². The summed E-state index contributed by atoms with van der Waals surface area (Å²) >= 11 is 0. The van der Waals surface area contributed by atoms with Crippen molar-refractivity contribution in [2.45, 2.75) is 45.6 Å². The standard InChI is InChI=1S/C14H23NO4S/c1-13(2)9-5-10(6-11-3-4-15-11)14(13,12(16)7-9)8-20(17,18)19/h9-11,15H,3-8H2,1-2H3,(H,17,18,19)/t9?,10?,11-,14?/m1/s1. The van der Waals surface area contributed by atoms with Crippen molar-refractivity contribution >= 4 is 15.9 Å². The van der Waals surface area contributed by atoms with Crippen LogP contribution in [0.15, 0.2) is 0 Å². The maximum absolute atomic E-state index is 12.6. The number of nitrogens with one attached hydrogen (secondary N) is 1. The molecular formula is C14H23NO4S. The van der Waals surface area contributed by atoms with Crippen molar-refractivity contribution in [2.75, 3.05) is 12.3 Å². The minimum Gasteiger partial charge on any atom is -0.314 e. The summed E-state index contributed by atoms with van der Waals surface area (Å²) in [6.07, 6.45) is 3.32. The first-order chi connectivity index (χ1) is 9.17. The van der Waals surface area contributed by atoms with Crippen molar-refractivity contribution < 1.29 is 17.8 Å². The van der Waals surface area contributed by atoms with Crippen LogP contribution in [0.4, 0.5) is 0 Å². The van der Waals surface area contributed by atoms with E-state index in [1.54, 1.807) is 0 Å². The number of carbonyl (C=O) groups excluding carboxylic acids is 1. The topological polar surface area (TPSA) is 83.5 Å². The number of Topliss-reactive ketones (excluding diaryl/α,β-unsaturated/α-hetero) is 1. The molecule has 0 aromatic rings. The van der Waals surface area contributed by atoms with E-state index in [0.29, 0.717) is 12.5 Å². The Balaban J connectivity index is 1.97. The van der Waals surface area contributed by atoms with E-state index in [1.165, 1.54) is 0 Å². The zero-order chi connectivity index (χ0) is 14.8. The van der Waals surface area contributed by atoms with E-state index < -0.39 is 21.3 Å². The van der Waals surface area contributed by atoms with Gasteiger partial charge < -0.3 is 5.32 Å². The molecule has 1 saturated heterocycles. The molecular weight excluding hydrogens is 278 g/mol. The average Bonchev–Trinajstić information content (AvgIpc) is 2.52. The summed E-state index contributed by atoms with van der Waals surface area (Å²) < 4.78 is 32.4. The zero-order valence-corrected chi connectivity index (χ0v) is 12.9.